The van der Waals surface area contributed by atoms with Crippen LogP contribution in [-0.2, 0) is 6.54 Å². The normalized spacial score (nSPS) is 12.3. The van der Waals surface area contributed by atoms with E-state index >= 15 is 0 Å². The molecule has 8 aromatic carbocycles. The molecule has 0 spiro atoms. The number of amidine groups is 2. The molecule has 0 aliphatic rings. The summed E-state index contributed by atoms with van der Waals surface area (Å²) >= 11 is 0. The summed E-state index contributed by atoms with van der Waals surface area (Å²) in [5, 5.41) is 4.35. The summed E-state index contributed by atoms with van der Waals surface area (Å²) in [6, 6.07) is 67.3. The summed E-state index contributed by atoms with van der Waals surface area (Å²) in [4.78, 5) is 10.0. The summed E-state index contributed by atoms with van der Waals surface area (Å²) in [6.07, 6.45) is 0. The summed E-state index contributed by atoms with van der Waals surface area (Å²) in [7, 11) is 0. The van der Waals surface area contributed by atoms with Gasteiger partial charge in [-0.2, -0.15) is 0 Å². The van der Waals surface area contributed by atoms with Crippen molar-refractivity contribution in [3.8, 4) is 27.9 Å². The van der Waals surface area contributed by atoms with Crippen LogP contribution in [0.5, 0.6) is 0 Å². The highest BCUT2D eigenvalue weighted by Gasteiger charge is 2.19. The minimum Gasteiger partial charge on any atom is -0.456 e. The topological polar surface area (TPSA) is 68.8 Å². The van der Waals surface area contributed by atoms with Crippen LogP contribution in [0.2, 0.25) is 0 Å². The largest absolute Gasteiger partial charge is 0.456 e. The molecule has 2 N–H and O–H groups in total. The second-order valence-electron chi connectivity index (χ2n) is 13.9. The van der Waals surface area contributed by atoms with Crippen molar-refractivity contribution in [2.45, 2.75) is 6.54 Å². The van der Waals surface area contributed by atoms with Gasteiger partial charge in [0.1, 0.15) is 17.0 Å². The van der Waals surface area contributed by atoms with Crippen molar-refractivity contribution in [2.75, 3.05) is 0 Å². The number of hydrogen-bond donors (Lipinski definition) is 1. The number of rotatable bonds is 7. The van der Waals surface area contributed by atoms with Crippen LogP contribution in [0.3, 0.4) is 0 Å². The van der Waals surface area contributed by atoms with Gasteiger partial charge in [0.05, 0.1) is 23.3 Å². The van der Waals surface area contributed by atoms with Crippen LogP contribution >= 0.6 is 0 Å². The van der Waals surface area contributed by atoms with E-state index in [1.54, 1.807) is 0 Å². The number of para-hydroxylation sites is 2. The Kier molecular flexibility index (Phi) is 8.30. The molecule has 5 nitrogen and oxygen atoms in total. The summed E-state index contributed by atoms with van der Waals surface area (Å²) in [6.45, 7) is 0.461. The van der Waals surface area contributed by atoms with Crippen LogP contribution in [0.1, 0.15) is 16.7 Å². The van der Waals surface area contributed by atoms with Crippen LogP contribution in [0.4, 0.5) is 0 Å². The number of benzene rings is 8. The Bertz CT molecular complexity index is 3100. The molecule has 2 heterocycles. The Balaban J connectivity index is 1.13. The quantitative estimate of drug-likeness (QED) is 0.132. The Hall–Kier alpha value is -7.50. The van der Waals surface area contributed by atoms with Crippen molar-refractivity contribution in [1.29, 1.82) is 0 Å². The molecule has 2 aromatic heterocycles. The second-order valence-corrected chi connectivity index (χ2v) is 13.9. The van der Waals surface area contributed by atoms with Gasteiger partial charge < -0.3 is 14.7 Å². The molecule has 0 aliphatic carbocycles. The van der Waals surface area contributed by atoms with Gasteiger partial charge in [0.15, 0.2) is 5.84 Å². The molecule has 0 saturated carbocycles. The predicted octanol–water partition coefficient (Wildman–Crippen LogP) is 12.4. The molecule has 266 valence electrons. The van der Waals surface area contributed by atoms with Gasteiger partial charge in [0.25, 0.3) is 0 Å². The first-order chi connectivity index (χ1) is 27.7. The maximum atomic E-state index is 6.64. The third-order valence-corrected chi connectivity index (χ3v) is 10.5. The van der Waals surface area contributed by atoms with Crippen molar-refractivity contribution in [1.82, 2.24) is 4.57 Å². The van der Waals surface area contributed by atoms with Gasteiger partial charge in [-0.3, -0.25) is 4.99 Å². The minimum absolute atomic E-state index is 0.404. The number of nitrogens with zero attached hydrogens (tertiary/aromatic N) is 3. The Morgan fingerprint density at radius 3 is 2.00 bits per heavy atom. The summed E-state index contributed by atoms with van der Waals surface area (Å²) in [5.41, 5.74) is 19.1. The van der Waals surface area contributed by atoms with E-state index in [0.29, 0.717) is 18.2 Å². The maximum Gasteiger partial charge on any atom is 0.158 e. The number of fused-ring (bicyclic) bond motifs is 6. The van der Waals surface area contributed by atoms with E-state index in [9.17, 15) is 0 Å². The molecular weight excluding hydrogens is 685 g/mol. The highest BCUT2D eigenvalue weighted by Crippen LogP contribution is 2.40. The van der Waals surface area contributed by atoms with Crippen molar-refractivity contribution >= 4 is 55.4 Å². The monoisotopic (exact) mass is 720 g/mol. The molecule has 0 bridgehead atoms. The lowest BCUT2D eigenvalue weighted by atomic mass is 9.99. The molecule has 56 heavy (non-hydrogen) atoms. The molecule has 10 aromatic rings. The van der Waals surface area contributed by atoms with Gasteiger partial charge in [0.2, 0.25) is 0 Å². The van der Waals surface area contributed by atoms with E-state index in [1.807, 2.05) is 60.7 Å². The fourth-order valence-electron chi connectivity index (χ4n) is 7.85. The van der Waals surface area contributed by atoms with Crippen molar-refractivity contribution < 1.29 is 4.42 Å². The number of hydrogen-bond acceptors (Lipinski definition) is 2. The first-order valence-electron chi connectivity index (χ1n) is 18.8. The van der Waals surface area contributed by atoms with Crippen molar-refractivity contribution in [3.63, 3.8) is 0 Å². The Morgan fingerprint density at radius 1 is 0.518 bits per heavy atom. The number of furan rings is 1. The molecular formula is C51H36N4O. The van der Waals surface area contributed by atoms with E-state index in [2.05, 4.69) is 138 Å². The average molecular weight is 721 g/mol. The van der Waals surface area contributed by atoms with Gasteiger partial charge in [-0.1, -0.05) is 152 Å². The highest BCUT2D eigenvalue weighted by molar-refractivity contribution is 6.21. The van der Waals surface area contributed by atoms with Crippen LogP contribution in [0.15, 0.2) is 209 Å². The average Bonchev–Trinajstić information content (AvgIpc) is 3.81. The molecule has 0 fully saturated rings. The molecule has 10 rings (SSSR count). The lowest BCUT2D eigenvalue weighted by Crippen LogP contribution is -2.16. The third kappa shape index (κ3) is 5.92. The number of nitrogens with two attached hydrogens (primary N) is 1. The Morgan fingerprint density at radius 2 is 1.18 bits per heavy atom. The smallest absolute Gasteiger partial charge is 0.158 e. The molecule has 0 saturated heterocycles. The summed E-state index contributed by atoms with van der Waals surface area (Å²) in [5.74, 6) is 0.959. The summed E-state index contributed by atoms with van der Waals surface area (Å²) < 4.78 is 8.87. The van der Waals surface area contributed by atoms with Gasteiger partial charge in [0, 0.05) is 38.2 Å². The fraction of sp³-hybridized carbons (Fsp3) is 0.0196. The zero-order chi connectivity index (χ0) is 37.4. The van der Waals surface area contributed by atoms with Gasteiger partial charge in [-0.25, -0.2) is 4.99 Å². The third-order valence-electron chi connectivity index (χ3n) is 10.5. The predicted molar refractivity (Wildman–Crippen MR) is 233 cm³/mol. The fourth-order valence-corrected chi connectivity index (χ4v) is 7.85. The van der Waals surface area contributed by atoms with Gasteiger partial charge in [-0.15, -0.1) is 0 Å². The molecule has 0 unspecified atom stereocenters. The van der Waals surface area contributed by atoms with Crippen LogP contribution in [0.25, 0.3) is 71.7 Å². The van der Waals surface area contributed by atoms with E-state index in [0.717, 1.165) is 61.0 Å². The SMILES string of the molecule is NC(=NC(=NCc1ccccc1)c1cccc2oc3ccc(-c4ccc5c(c4)c4ccccc4n5-c4ccccc4-c4ccccc4)cc3c12)c1ccccc1. The van der Waals surface area contributed by atoms with Crippen molar-refractivity contribution in [3.05, 3.63) is 211 Å². The molecule has 0 amide bonds. The van der Waals surface area contributed by atoms with Crippen molar-refractivity contribution in [2.24, 2.45) is 15.7 Å². The molecule has 0 radical (unpaired) electrons. The first kappa shape index (κ1) is 33.1. The Labute approximate surface area is 324 Å². The zero-order valence-electron chi connectivity index (χ0n) is 30.5. The maximum absolute atomic E-state index is 6.64. The number of aromatic nitrogens is 1. The van der Waals surface area contributed by atoms with Crippen LogP contribution in [0, 0.1) is 0 Å². The minimum atomic E-state index is 0.404. The lowest BCUT2D eigenvalue weighted by molar-refractivity contribution is 0.669. The van der Waals surface area contributed by atoms with E-state index in [-0.39, 0.29) is 0 Å². The highest BCUT2D eigenvalue weighted by atomic mass is 16.3. The molecule has 0 atom stereocenters. The number of aliphatic imine (C=N–C) groups is 2. The van der Waals surface area contributed by atoms with E-state index in [4.69, 9.17) is 20.1 Å². The first-order valence-corrected chi connectivity index (χ1v) is 18.8. The van der Waals surface area contributed by atoms with Crippen LogP contribution in [-0.4, -0.2) is 16.2 Å². The molecule has 0 aliphatic heterocycles. The standard InChI is InChI=1S/C51H36N4O/c52-50(36-19-8-3-9-20-36)54-51(53-33-34-15-4-1-5-16-34)41-23-14-26-48-49(41)43-32-38(28-30-47(43)56-48)37-27-29-46-42(31-37)40-22-11-13-25-45(40)55(46)44-24-12-10-21-39(44)35-17-6-2-7-18-35/h1-32H,33H2,(H2,52,53,54). The second kappa shape index (κ2) is 14.0. The van der Waals surface area contributed by atoms with Crippen LogP contribution < -0.4 is 5.73 Å². The lowest BCUT2D eigenvalue weighted by Gasteiger charge is -2.14. The zero-order valence-corrected chi connectivity index (χ0v) is 30.5. The van der Waals surface area contributed by atoms with Gasteiger partial charge in [-0.05, 0) is 64.7 Å². The molecule has 5 heteroatoms. The van der Waals surface area contributed by atoms with Gasteiger partial charge >= 0.3 is 0 Å². The van der Waals surface area contributed by atoms with E-state index in [1.165, 1.54) is 27.4 Å². The van der Waals surface area contributed by atoms with E-state index < -0.39 is 0 Å².